The number of hydrogen-bond acceptors (Lipinski definition) is 2. The lowest BCUT2D eigenvalue weighted by molar-refractivity contribution is -0.113. The summed E-state index contributed by atoms with van der Waals surface area (Å²) in [6.07, 6.45) is 4.07. The summed E-state index contributed by atoms with van der Waals surface area (Å²) in [6, 6.07) is 15.4. The largest absolute Gasteiger partial charge is 0.294 e. The van der Waals surface area contributed by atoms with Crippen LogP contribution in [0.4, 0.5) is 0 Å². The third-order valence-corrected chi connectivity index (χ3v) is 2.69. The standard InChI is InChI=1S/C16H15NO/c1-2-16(18)15(13-8-4-3-5-9-13)12-14-10-6-7-11-17-14/h3-12H,2H2,1H3/b15-12-. The van der Waals surface area contributed by atoms with Crippen molar-refractivity contribution in [3.63, 3.8) is 0 Å². The van der Waals surface area contributed by atoms with Crippen LogP contribution in [0.15, 0.2) is 54.7 Å². The Morgan fingerprint density at radius 3 is 2.44 bits per heavy atom. The van der Waals surface area contributed by atoms with Gasteiger partial charge < -0.3 is 0 Å². The second-order valence-corrected chi connectivity index (χ2v) is 3.96. The number of carbonyl (C=O) groups is 1. The zero-order valence-electron chi connectivity index (χ0n) is 10.3. The SMILES string of the molecule is CCC(=O)/C(=C\c1ccccn1)c1ccccc1. The van der Waals surface area contributed by atoms with E-state index in [1.54, 1.807) is 6.20 Å². The molecule has 18 heavy (non-hydrogen) atoms. The van der Waals surface area contributed by atoms with Crippen LogP contribution in [0.1, 0.15) is 24.6 Å². The molecule has 2 nitrogen and oxygen atoms in total. The number of carbonyl (C=O) groups excluding carboxylic acids is 1. The number of benzene rings is 1. The molecule has 90 valence electrons. The summed E-state index contributed by atoms with van der Waals surface area (Å²) in [7, 11) is 0. The maximum atomic E-state index is 12.0. The predicted octanol–water partition coefficient (Wildman–Crippen LogP) is 3.60. The first-order chi connectivity index (χ1) is 8.81. The Balaban J connectivity index is 2.44. The Hall–Kier alpha value is -2.22. The summed E-state index contributed by atoms with van der Waals surface area (Å²) in [5, 5.41) is 0. The Labute approximate surface area is 107 Å². The summed E-state index contributed by atoms with van der Waals surface area (Å²) in [5.74, 6) is 0.131. The van der Waals surface area contributed by atoms with Gasteiger partial charge in [0.25, 0.3) is 0 Å². The highest BCUT2D eigenvalue weighted by molar-refractivity contribution is 6.25. The molecule has 0 fully saturated rings. The monoisotopic (exact) mass is 237 g/mol. The van der Waals surface area contributed by atoms with E-state index in [1.165, 1.54) is 0 Å². The molecule has 0 atom stereocenters. The van der Waals surface area contributed by atoms with Gasteiger partial charge >= 0.3 is 0 Å². The smallest absolute Gasteiger partial charge is 0.163 e. The lowest BCUT2D eigenvalue weighted by Crippen LogP contribution is -2.00. The van der Waals surface area contributed by atoms with Gasteiger partial charge in [-0.1, -0.05) is 43.3 Å². The molecule has 0 saturated carbocycles. The van der Waals surface area contributed by atoms with Crippen LogP contribution in [-0.4, -0.2) is 10.8 Å². The fraction of sp³-hybridized carbons (Fsp3) is 0.125. The van der Waals surface area contributed by atoms with Gasteiger partial charge in [-0.2, -0.15) is 0 Å². The van der Waals surface area contributed by atoms with Gasteiger partial charge in [0.05, 0.1) is 5.69 Å². The van der Waals surface area contributed by atoms with Crippen molar-refractivity contribution in [3.8, 4) is 0 Å². The van der Waals surface area contributed by atoms with Crippen molar-refractivity contribution in [2.45, 2.75) is 13.3 Å². The van der Waals surface area contributed by atoms with Crippen molar-refractivity contribution in [1.82, 2.24) is 4.98 Å². The molecule has 0 radical (unpaired) electrons. The molecule has 0 unspecified atom stereocenters. The van der Waals surface area contributed by atoms with E-state index in [1.807, 2.05) is 61.5 Å². The molecule has 2 heteroatoms. The summed E-state index contributed by atoms with van der Waals surface area (Å²) in [5.41, 5.74) is 2.46. The van der Waals surface area contributed by atoms with E-state index in [2.05, 4.69) is 4.98 Å². The quantitative estimate of drug-likeness (QED) is 0.760. The predicted molar refractivity (Wildman–Crippen MR) is 73.8 cm³/mol. The van der Waals surface area contributed by atoms with Crippen molar-refractivity contribution in [2.75, 3.05) is 0 Å². The van der Waals surface area contributed by atoms with E-state index in [0.717, 1.165) is 16.8 Å². The topological polar surface area (TPSA) is 30.0 Å². The fourth-order valence-electron chi connectivity index (χ4n) is 1.74. The van der Waals surface area contributed by atoms with Crippen LogP contribution in [0, 0.1) is 0 Å². The molecule has 1 heterocycles. The van der Waals surface area contributed by atoms with Crippen LogP contribution in [0.25, 0.3) is 11.6 Å². The molecule has 1 aromatic carbocycles. The van der Waals surface area contributed by atoms with Gasteiger partial charge in [-0.15, -0.1) is 0 Å². The number of aromatic nitrogens is 1. The molecule has 0 aliphatic carbocycles. The van der Waals surface area contributed by atoms with E-state index in [4.69, 9.17) is 0 Å². The van der Waals surface area contributed by atoms with E-state index in [-0.39, 0.29) is 5.78 Å². The minimum Gasteiger partial charge on any atom is -0.294 e. The average molecular weight is 237 g/mol. The second-order valence-electron chi connectivity index (χ2n) is 3.96. The summed E-state index contributed by atoms with van der Waals surface area (Å²) in [6.45, 7) is 1.87. The lowest BCUT2D eigenvalue weighted by Gasteiger charge is -2.05. The van der Waals surface area contributed by atoms with Gasteiger partial charge in [0, 0.05) is 18.2 Å². The van der Waals surface area contributed by atoms with Gasteiger partial charge in [0.2, 0.25) is 0 Å². The molecule has 2 aromatic rings. The number of Topliss-reactive ketones (excluding diaryl/α,β-unsaturated/α-hetero) is 1. The number of allylic oxidation sites excluding steroid dienone is 1. The van der Waals surface area contributed by atoms with Gasteiger partial charge in [0.15, 0.2) is 5.78 Å². The molecular weight excluding hydrogens is 222 g/mol. The van der Waals surface area contributed by atoms with E-state index >= 15 is 0 Å². The molecule has 2 rings (SSSR count). The molecule has 0 saturated heterocycles. The third-order valence-electron chi connectivity index (χ3n) is 2.69. The van der Waals surface area contributed by atoms with E-state index in [0.29, 0.717) is 6.42 Å². The highest BCUT2D eigenvalue weighted by Crippen LogP contribution is 2.19. The minimum absolute atomic E-state index is 0.131. The molecule has 1 aromatic heterocycles. The minimum atomic E-state index is 0.131. The normalized spacial score (nSPS) is 11.3. The van der Waals surface area contributed by atoms with E-state index < -0.39 is 0 Å². The summed E-state index contributed by atoms with van der Waals surface area (Å²) in [4.78, 5) is 16.3. The van der Waals surface area contributed by atoms with Crippen molar-refractivity contribution in [2.24, 2.45) is 0 Å². The zero-order valence-corrected chi connectivity index (χ0v) is 10.3. The van der Waals surface area contributed by atoms with Gasteiger partial charge in [-0.25, -0.2) is 0 Å². The highest BCUT2D eigenvalue weighted by Gasteiger charge is 2.09. The zero-order chi connectivity index (χ0) is 12.8. The molecule has 0 amide bonds. The van der Waals surface area contributed by atoms with Crippen molar-refractivity contribution < 1.29 is 4.79 Å². The Morgan fingerprint density at radius 1 is 1.11 bits per heavy atom. The van der Waals surface area contributed by atoms with Crippen LogP contribution in [0.5, 0.6) is 0 Å². The molecule has 0 aliphatic rings. The molecule has 0 bridgehead atoms. The molecule has 0 spiro atoms. The van der Waals surface area contributed by atoms with Crippen molar-refractivity contribution in [3.05, 3.63) is 66.0 Å². The molecular formula is C16H15NO. The van der Waals surface area contributed by atoms with Gasteiger partial charge in [-0.05, 0) is 23.8 Å². The number of ketones is 1. The van der Waals surface area contributed by atoms with Crippen LogP contribution in [0.2, 0.25) is 0 Å². The summed E-state index contributed by atoms with van der Waals surface area (Å²) < 4.78 is 0. The maximum absolute atomic E-state index is 12.0. The van der Waals surface area contributed by atoms with Crippen LogP contribution < -0.4 is 0 Å². The summed E-state index contributed by atoms with van der Waals surface area (Å²) >= 11 is 0. The molecule has 0 N–H and O–H groups in total. The second kappa shape index (κ2) is 5.92. The number of pyridine rings is 1. The van der Waals surface area contributed by atoms with Gasteiger partial charge in [-0.3, -0.25) is 9.78 Å². The van der Waals surface area contributed by atoms with Crippen LogP contribution in [-0.2, 0) is 4.79 Å². The highest BCUT2D eigenvalue weighted by atomic mass is 16.1. The average Bonchev–Trinajstić information content (AvgIpc) is 2.46. The van der Waals surface area contributed by atoms with Crippen molar-refractivity contribution >= 4 is 17.4 Å². The maximum Gasteiger partial charge on any atom is 0.163 e. The van der Waals surface area contributed by atoms with Crippen LogP contribution in [0.3, 0.4) is 0 Å². The number of hydrogen-bond donors (Lipinski definition) is 0. The Bertz CT molecular complexity index is 544. The first-order valence-electron chi connectivity index (χ1n) is 6.02. The molecule has 0 aliphatic heterocycles. The van der Waals surface area contributed by atoms with Crippen LogP contribution >= 0.6 is 0 Å². The third kappa shape index (κ3) is 2.92. The number of rotatable bonds is 4. The Morgan fingerprint density at radius 2 is 1.83 bits per heavy atom. The Kier molecular flexibility index (Phi) is 4.02. The van der Waals surface area contributed by atoms with E-state index in [9.17, 15) is 4.79 Å². The van der Waals surface area contributed by atoms with Crippen molar-refractivity contribution in [1.29, 1.82) is 0 Å². The fourth-order valence-corrected chi connectivity index (χ4v) is 1.74. The lowest BCUT2D eigenvalue weighted by atomic mass is 9.99. The first kappa shape index (κ1) is 12.2. The van der Waals surface area contributed by atoms with Gasteiger partial charge in [0.1, 0.15) is 0 Å². The number of nitrogens with zero attached hydrogens (tertiary/aromatic N) is 1. The first-order valence-corrected chi connectivity index (χ1v) is 6.02.